The molecule has 0 spiro atoms. The van der Waals surface area contributed by atoms with Gasteiger partial charge in [0, 0.05) is 10.6 Å². The zero-order valence-corrected chi connectivity index (χ0v) is 14.6. The molecule has 6 nitrogen and oxygen atoms in total. The van der Waals surface area contributed by atoms with Gasteiger partial charge in [0.15, 0.2) is 0 Å². The summed E-state index contributed by atoms with van der Waals surface area (Å²) in [6.07, 6.45) is 1.66. The van der Waals surface area contributed by atoms with E-state index in [1.807, 2.05) is 24.3 Å². The number of hydrogen-bond donors (Lipinski definition) is 1. The minimum absolute atomic E-state index is 0.0367. The Morgan fingerprint density at radius 1 is 1.04 bits per heavy atom. The number of fused-ring (bicyclic) bond motifs is 1. The number of benzene rings is 2. The molecule has 0 fully saturated rings. The van der Waals surface area contributed by atoms with Crippen LogP contribution in [0.5, 0.6) is 11.5 Å². The fourth-order valence-corrected chi connectivity index (χ4v) is 3.77. The normalized spacial score (nSPS) is 15.2. The molecule has 0 unspecified atom stereocenters. The molecule has 1 aliphatic heterocycles. The van der Waals surface area contributed by atoms with E-state index in [0.717, 1.165) is 11.1 Å². The molecule has 128 valence electrons. The van der Waals surface area contributed by atoms with Crippen molar-refractivity contribution in [1.82, 2.24) is 9.78 Å². The number of nitrogens with one attached hydrogen (secondary N) is 1. The molecule has 8 heteroatoms. The molecule has 2 aromatic carbocycles. The highest BCUT2D eigenvalue weighted by atomic mass is 35.5. The quantitative estimate of drug-likeness (QED) is 0.756. The van der Waals surface area contributed by atoms with E-state index in [9.17, 15) is 8.42 Å². The highest BCUT2D eigenvalue weighted by Crippen LogP contribution is 2.32. The van der Waals surface area contributed by atoms with Crippen LogP contribution >= 0.6 is 11.6 Å². The Hall–Kier alpha value is -2.51. The minimum atomic E-state index is -3.30. The van der Waals surface area contributed by atoms with Crippen LogP contribution in [0.1, 0.15) is 0 Å². The molecule has 0 bridgehead atoms. The summed E-state index contributed by atoms with van der Waals surface area (Å²) in [5.41, 5.74) is 1.59. The number of aromatic nitrogens is 2. The maximum atomic E-state index is 11.8. The van der Waals surface area contributed by atoms with Crippen molar-refractivity contribution in [3.05, 3.63) is 59.8 Å². The predicted molar refractivity (Wildman–Crippen MR) is 96.6 cm³/mol. The molecular weight excluding hydrogens is 362 g/mol. The standard InChI is InChI=1S/C17H14ClN3O3S/c18-13-3-7-15(8-4-13)24-14-5-1-12(2-6-14)16-11-19-21-9-10-25(22,23)20-17(16)21/h1-8,11,20H,9-10H2. The zero-order valence-electron chi connectivity index (χ0n) is 13.0. The molecule has 0 amide bonds. The van der Waals surface area contributed by atoms with Gasteiger partial charge in [0.05, 0.1) is 18.5 Å². The summed E-state index contributed by atoms with van der Waals surface area (Å²) in [6.45, 7) is 0.350. The van der Waals surface area contributed by atoms with Crippen molar-refractivity contribution in [2.45, 2.75) is 6.54 Å². The molecule has 0 atom stereocenters. The number of halogens is 1. The van der Waals surface area contributed by atoms with E-state index in [2.05, 4.69) is 9.82 Å². The fraction of sp³-hybridized carbons (Fsp3) is 0.118. The molecule has 2 heterocycles. The first-order valence-electron chi connectivity index (χ1n) is 7.60. The van der Waals surface area contributed by atoms with Crippen LogP contribution in [-0.2, 0) is 16.6 Å². The van der Waals surface area contributed by atoms with Crippen LogP contribution in [0.2, 0.25) is 5.02 Å². The summed E-state index contributed by atoms with van der Waals surface area (Å²) in [6, 6.07) is 14.5. The largest absolute Gasteiger partial charge is 0.457 e. The van der Waals surface area contributed by atoms with E-state index < -0.39 is 10.0 Å². The Morgan fingerprint density at radius 3 is 2.36 bits per heavy atom. The number of hydrogen-bond acceptors (Lipinski definition) is 4. The van der Waals surface area contributed by atoms with Crippen LogP contribution < -0.4 is 9.46 Å². The Labute approximate surface area is 150 Å². The number of nitrogens with zero attached hydrogens (tertiary/aromatic N) is 2. The van der Waals surface area contributed by atoms with Gasteiger partial charge in [-0.15, -0.1) is 0 Å². The average molecular weight is 376 g/mol. The van der Waals surface area contributed by atoms with Gasteiger partial charge in [-0.05, 0) is 42.0 Å². The van der Waals surface area contributed by atoms with Gasteiger partial charge in [0.25, 0.3) is 0 Å². The Morgan fingerprint density at radius 2 is 1.68 bits per heavy atom. The second-order valence-electron chi connectivity index (χ2n) is 5.63. The van der Waals surface area contributed by atoms with Crippen LogP contribution in [-0.4, -0.2) is 24.0 Å². The highest BCUT2D eigenvalue weighted by Gasteiger charge is 2.24. The van der Waals surface area contributed by atoms with E-state index in [-0.39, 0.29) is 5.75 Å². The minimum Gasteiger partial charge on any atom is -0.457 e. The van der Waals surface area contributed by atoms with Crippen LogP contribution in [0.15, 0.2) is 54.7 Å². The first kappa shape index (κ1) is 16.0. The molecule has 0 aliphatic carbocycles. The maximum Gasteiger partial charge on any atom is 0.235 e. The van der Waals surface area contributed by atoms with Crippen LogP contribution in [0.3, 0.4) is 0 Å². The third kappa shape index (κ3) is 3.33. The smallest absolute Gasteiger partial charge is 0.235 e. The number of ether oxygens (including phenoxy) is 1. The summed E-state index contributed by atoms with van der Waals surface area (Å²) in [5, 5.41) is 4.89. The maximum absolute atomic E-state index is 11.8. The van der Waals surface area contributed by atoms with Gasteiger partial charge >= 0.3 is 0 Å². The average Bonchev–Trinajstić information content (AvgIpc) is 2.99. The van der Waals surface area contributed by atoms with Crippen molar-refractivity contribution in [2.75, 3.05) is 10.5 Å². The Bertz CT molecular complexity index is 1010. The summed E-state index contributed by atoms with van der Waals surface area (Å²) >= 11 is 5.86. The summed E-state index contributed by atoms with van der Waals surface area (Å²) in [7, 11) is -3.30. The molecule has 1 aliphatic rings. The SMILES string of the molecule is O=S1(=O)CCn2ncc(-c3ccc(Oc4ccc(Cl)cc4)cc3)c2N1. The van der Waals surface area contributed by atoms with E-state index in [1.165, 1.54) is 0 Å². The van der Waals surface area contributed by atoms with Crippen molar-refractivity contribution in [1.29, 1.82) is 0 Å². The van der Waals surface area contributed by atoms with Gasteiger partial charge in [-0.1, -0.05) is 23.7 Å². The second kappa shape index (κ2) is 6.09. The first-order valence-corrected chi connectivity index (χ1v) is 9.63. The lowest BCUT2D eigenvalue weighted by atomic mass is 10.1. The van der Waals surface area contributed by atoms with Gasteiger partial charge in [-0.25, -0.2) is 13.1 Å². The molecule has 1 N–H and O–H groups in total. The topological polar surface area (TPSA) is 73.2 Å². The lowest BCUT2D eigenvalue weighted by Gasteiger charge is -2.17. The number of aryl methyl sites for hydroxylation is 1. The summed E-state index contributed by atoms with van der Waals surface area (Å²) in [4.78, 5) is 0. The molecule has 0 saturated carbocycles. The lowest BCUT2D eigenvalue weighted by molar-refractivity contribution is 0.483. The van der Waals surface area contributed by atoms with Crippen LogP contribution in [0, 0.1) is 0 Å². The van der Waals surface area contributed by atoms with E-state index >= 15 is 0 Å². The van der Waals surface area contributed by atoms with E-state index in [4.69, 9.17) is 16.3 Å². The Balaban J connectivity index is 1.59. The van der Waals surface area contributed by atoms with E-state index in [1.54, 1.807) is 35.1 Å². The summed E-state index contributed by atoms with van der Waals surface area (Å²) in [5.74, 6) is 1.90. The van der Waals surface area contributed by atoms with Crippen LogP contribution in [0.25, 0.3) is 11.1 Å². The number of anilines is 1. The second-order valence-corrected chi connectivity index (χ2v) is 7.91. The number of rotatable bonds is 3. The Kier molecular flexibility index (Phi) is 3.89. The van der Waals surface area contributed by atoms with Crippen molar-refractivity contribution < 1.29 is 13.2 Å². The van der Waals surface area contributed by atoms with Gasteiger partial charge in [0.2, 0.25) is 10.0 Å². The molecular formula is C17H14ClN3O3S. The molecule has 25 heavy (non-hydrogen) atoms. The van der Waals surface area contributed by atoms with Gasteiger partial charge in [-0.3, -0.25) is 4.72 Å². The highest BCUT2D eigenvalue weighted by molar-refractivity contribution is 7.92. The third-order valence-corrected chi connectivity index (χ3v) is 5.35. The van der Waals surface area contributed by atoms with Gasteiger partial charge < -0.3 is 4.74 Å². The van der Waals surface area contributed by atoms with Gasteiger partial charge in [0.1, 0.15) is 17.3 Å². The van der Waals surface area contributed by atoms with E-state index in [0.29, 0.717) is 28.9 Å². The molecule has 0 saturated heterocycles. The monoisotopic (exact) mass is 375 g/mol. The van der Waals surface area contributed by atoms with Crippen molar-refractivity contribution in [3.63, 3.8) is 0 Å². The number of sulfonamides is 1. The van der Waals surface area contributed by atoms with Gasteiger partial charge in [-0.2, -0.15) is 5.10 Å². The fourth-order valence-electron chi connectivity index (χ4n) is 2.62. The molecule has 1 aromatic heterocycles. The third-order valence-electron chi connectivity index (χ3n) is 3.88. The van der Waals surface area contributed by atoms with Crippen LogP contribution in [0.4, 0.5) is 5.82 Å². The van der Waals surface area contributed by atoms with Crippen molar-refractivity contribution in [3.8, 4) is 22.6 Å². The zero-order chi connectivity index (χ0) is 17.4. The molecule has 0 radical (unpaired) electrons. The van der Waals surface area contributed by atoms with Crippen molar-refractivity contribution in [2.24, 2.45) is 0 Å². The molecule has 4 rings (SSSR count). The summed E-state index contributed by atoms with van der Waals surface area (Å²) < 4.78 is 33.6. The predicted octanol–water partition coefficient (Wildman–Crippen LogP) is 3.75. The lowest BCUT2D eigenvalue weighted by Crippen LogP contribution is -2.28. The van der Waals surface area contributed by atoms with Crippen molar-refractivity contribution >= 4 is 27.4 Å². The molecule has 3 aromatic rings. The first-order chi connectivity index (χ1) is 12.0.